The van der Waals surface area contributed by atoms with Gasteiger partial charge in [0.05, 0.1) is 0 Å². The van der Waals surface area contributed by atoms with E-state index >= 15 is 0 Å². The van der Waals surface area contributed by atoms with E-state index in [2.05, 4.69) is 6.92 Å². The zero-order valence-corrected chi connectivity index (χ0v) is 8.32. The smallest absolute Gasteiger partial charge is 0.161 e. The first-order valence-corrected chi connectivity index (χ1v) is 4.91. The van der Waals surface area contributed by atoms with Crippen LogP contribution in [0.1, 0.15) is 18.4 Å². The van der Waals surface area contributed by atoms with Gasteiger partial charge in [-0.25, -0.2) is 0 Å². The van der Waals surface area contributed by atoms with Gasteiger partial charge in [0.2, 0.25) is 0 Å². The average molecular weight is 193 g/mol. The second-order valence-corrected chi connectivity index (χ2v) is 3.54. The van der Waals surface area contributed by atoms with Crippen LogP contribution in [-0.4, -0.2) is 19.8 Å². The van der Waals surface area contributed by atoms with Gasteiger partial charge in [0.25, 0.3) is 0 Å². The fraction of sp³-hybridized carbons (Fsp3) is 0.455. The van der Waals surface area contributed by atoms with Crippen molar-refractivity contribution in [1.82, 2.24) is 0 Å². The summed E-state index contributed by atoms with van der Waals surface area (Å²) in [5, 5.41) is 0. The van der Waals surface area contributed by atoms with E-state index in [4.69, 9.17) is 15.2 Å². The second kappa shape index (κ2) is 3.88. The van der Waals surface area contributed by atoms with E-state index in [1.807, 2.05) is 18.2 Å². The van der Waals surface area contributed by atoms with Crippen LogP contribution in [0.3, 0.4) is 0 Å². The Labute approximate surface area is 83.8 Å². The van der Waals surface area contributed by atoms with Crippen LogP contribution in [0.15, 0.2) is 18.2 Å². The molecule has 0 saturated heterocycles. The third-order valence-corrected chi connectivity index (χ3v) is 2.49. The van der Waals surface area contributed by atoms with Crippen LogP contribution in [0, 0.1) is 0 Å². The number of rotatable bonds is 2. The molecule has 1 aromatic carbocycles. The normalized spacial score (nSPS) is 16.4. The summed E-state index contributed by atoms with van der Waals surface area (Å²) in [6, 6.07) is 6.02. The molecule has 0 aromatic heterocycles. The molecule has 0 aliphatic carbocycles. The molecule has 3 heteroatoms. The van der Waals surface area contributed by atoms with Gasteiger partial charge in [-0.05, 0) is 30.2 Å². The van der Waals surface area contributed by atoms with E-state index in [9.17, 15) is 0 Å². The zero-order chi connectivity index (χ0) is 9.97. The van der Waals surface area contributed by atoms with Gasteiger partial charge in [0, 0.05) is 0 Å². The summed E-state index contributed by atoms with van der Waals surface area (Å²) in [4.78, 5) is 0. The molecule has 0 radical (unpaired) electrons. The van der Waals surface area contributed by atoms with E-state index < -0.39 is 0 Å². The fourth-order valence-corrected chi connectivity index (χ4v) is 1.50. The predicted octanol–water partition coefficient (Wildman–Crippen LogP) is 1.52. The Morgan fingerprint density at radius 3 is 2.71 bits per heavy atom. The molecule has 1 aliphatic rings. The zero-order valence-electron chi connectivity index (χ0n) is 8.32. The lowest BCUT2D eigenvalue weighted by Gasteiger charge is -2.20. The third kappa shape index (κ3) is 1.68. The molecule has 1 aromatic rings. The van der Waals surface area contributed by atoms with Crippen molar-refractivity contribution in [2.24, 2.45) is 5.73 Å². The summed E-state index contributed by atoms with van der Waals surface area (Å²) in [6.07, 6.45) is 0. The first-order chi connectivity index (χ1) is 6.81. The summed E-state index contributed by atoms with van der Waals surface area (Å²) in [6.45, 7) is 4.03. The maximum atomic E-state index is 5.61. The van der Waals surface area contributed by atoms with E-state index in [-0.39, 0.29) is 0 Å². The van der Waals surface area contributed by atoms with Crippen molar-refractivity contribution in [1.29, 1.82) is 0 Å². The Morgan fingerprint density at radius 1 is 1.29 bits per heavy atom. The Balaban J connectivity index is 2.29. The molecule has 76 valence electrons. The van der Waals surface area contributed by atoms with Crippen LogP contribution in [0.4, 0.5) is 0 Å². The van der Waals surface area contributed by atoms with Gasteiger partial charge in [-0.3, -0.25) is 0 Å². The van der Waals surface area contributed by atoms with Gasteiger partial charge in [0.15, 0.2) is 11.5 Å². The van der Waals surface area contributed by atoms with Crippen molar-refractivity contribution in [3.8, 4) is 11.5 Å². The van der Waals surface area contributed by atoms with Gasteiger partial charge in [-0.1, -0.05) is 13.0 Å². The Hall–Kier alpha value is -1.22. The molecule has 0 bridgehead atoms. The van der Waals surface area contributed by atoms with Crippen molar-refractivity contribution in [2.75, 3.05) is 19.8 Å². The molecule has 2 N–H and O–H groups in total. The Morgan fingerprint density at radius 2 is 2.00 bits per heavy atom. The van der Waals surface area contributed by atoms with Gasteiger partial charge in [0.1, 0.15) is 13.2 Å². The number of benzene rings is 1. The van der Waals surface area contributed by atoms with E-state index in [0.29, 0.717) is 25.7 Å². The molecule has 0 amide bonds. The van der Waals surface area contributed by atoms with Crippen molar-refractivity contribution in [2.45, 2.75) is 12.8 Å². The van der Waals surface area contributed by atoms with Crippen LogP contribution in [-0.2, 0) is 0 Å². The van der Waals surface area contributed by atoms with Crippen molar-refractivity contribution in [3.05, 3.63) is 23.8 Å². The molecular weight excluding hydrogens is 178 g/mol. The molecule has 0 spiro atoms. The van der Waals surface area contributed by atoms with Gasteiger partial charge in [-0.15, -0.1) is 0 Å². The number of nitrogens with two attached hydrogens (primary N) is 1. The predicted molar refractivity (Wildman–Crippen MR) is 54.9 cm³/mol. The molecule has 2 rings (SSSR count). The standard InChI is InChI=1S/C11H15NO2/c1-8(7-12)9-2-3-10-11(6-9)14-5-4-13-10/h2-3,6,8H,4-5,7,12H2,1H3. The molecule has 1 aliphatic heterocycles. The molecule has 1 heterocycles. The average Bonchev–Trinajstić information content (AvgIpc) is 2.27. The molecule has 0 saturated carbocycles. The molecule has 14 heavy (non-hydrogen) atoms. The van der Waals surface area contributed by atoms with E-state index in [0.717, 1.165) is 11.5 Å². The molecular formula is C11H15NO2. The number of fused-ring (bicyclic) bond motifs is 1. The summed E-state index contributed by atoms with van der Waals surface area (Å²) in [7, 11) is 0. The molecule has 0 fully saturated rings. The minimum absolute atomic E-state index is 0.367. The van der Waals surface area contributed by atoms with Crippen LogP contribution in [0.25, 0.3) is 0 Å². The lowest BCUT2D eigenvalue weighted by molar-refractivity contribution is 0.171. The third-order valence-electron chi connectivity index (χ3n) is 2.49. The number of hydrogen-bond donors (Lipinski definition) is 1. The summed E-state index contributed by atoms with van der Waals surface area (Å²) in [5.74, 6) is 2.05. The maximum absolute atomic E-state index is 5.61. The van der Waals surface area contributed by atoms with Crippen molar-refractivity contribution >= 4 is 0 Å². The maximum Gasteiger partial charge on any atom is 0.161 e. The van der Waals surface area contributed by atoms with E-state index in [1.165, 1.54) is 5.56 Å². The fourth-order valence-electron chi connectivity index (χ4n) is 1.50. The monoisotopic (exact) mass is 193 g/mol. The quantitative estimate of drug-likeness (QED) is 0.774. The number of ether oxygens (including phenoxy) is 2. The highest BCUT2D eigenvalue weighted by atomic mass is 16.6. The van der Waals surface area contributed by atoms with Crippen molar-refractivity contribution < 1.29 is 9.47 Å². The largest absolute Gasteiger partial charge is 0.486 e. The first-order valence-electron chi connectivity index (χ1n) is 4.91. The second-order valence-electron chi connectivity index (χ2n) is 3.54. The summed E-state index contributed by atoms with van der Waals surface area (Å²) >= 11 is 0. The van der Waals surface area contributed by atoms with Gasteiger partial charge in [-0.2, -0.15) is 0 Å². The summed E-state index contributed by atoms with van der Waals surface area (Å²) in [5.41, 5.74) is 6.81. The number of hydrogen-bond acceptors (Lipinski definition) is 3. The Kier molecular flexibility index (Phi) is 2.59. The minimum Gasteiger partial charge on any atom is -0.486 e. The first kappa shape index (κ1) is 9.34. The topological polar surface area (TPSA) is 44.5 Å². The highest BCUT2D eigenvalue weighted by molar-refractivity contribution is 5.44. The van der Waals surface area contributed by atoms with Gasteiger partial charge >= 0.3 is 0 Å². The molecule has 1 unspecified atom stereocenters. The lowest BCUT2D eigenvalue weighted by Crippen LogP contribution is -2.16. The highest BCUT2D eigenvalue weighted by Gasteiger charge is 2.13. The highest BCUT2D eigenvalue weighted by Crippen LogP contribution is 2.32. The van der Waals surface area contributed by atoms with Crippen molar-refractivity contribution in [3.63, 3.8) is 0 Å². The van der Waals surface area contributed by atoms with Crippen LogP contribution >= 0.6 is 0 Å². The lowest BCUT2D eigenvalue weighted by atomic mass is 10.0. The van der Waals surface area contributed by atoms with Crippen LogP contribution in [0.5, 0.6) is 11.5 Å². The Bertz CT molecular complexity index is 325. The van der Waals surface area contributed by atoms with Crippen LogP contribution < -0.4 is 15.2 Å². The molecule has 1 atom stereocenters. The van der Waals surface area contributed by atoms with Gasteiger partial charge < -0.3 is 15.2 Å². The SMILES string of the molecule is CC(CN)c1ccc2c(c1)OCCO2. The van der Waals surface area contributed by atoms with E-state index in [1.54, 1.807) is 0 Å². The minimum atomic E-state index is 0.367. The van der Waals surface area contributed by atoms with Crippen LogP contribution in [0.2, 0.25) is 0 Å². The summed E-state index contributed by atoms with van der Waals surface area (Å²) < 4.78 is 10.9. The molecule has 3 nitrogen and oxygen atoms in total.